The molecule has 0 radical (unpaired) electrons. The lowest BCUT2D eigenvalue weighted by Crippen LogP contribution is -2.24. The predicted octanol–water partition coefficient (Wildman–Crippen LogP) is 4.41. The predicted molar refractivity (Wildman–Crippen MR) is 114 cm³/mol. The number of hydrogen-bond donors (Lipinski definition) is 1. The van der Waals surface area contributed by atoms with Crippen LogP contribution in [-0.4, -0.2) is 18.7 Å². The van der Waals surface area contributed by atoms with E-state index in [2.05, 4.69) is 10.5 Å². The summed E-state index contributed by atoms with van der Waals surface area (Å²) < 4.78 is 11.3. The van der Waals surface area contributed by atoms with Crippen LogP contribution in [0.3, 0.4) is 0 Å². The molecular formula is C24H24N2O3. The first-order valence-corrected chi connectivity index (χ1v) is 9.39. The maximum absolute atomic E-state index is 11.9. The first-order chi connectivity index (χ1) is 14.1. The number of nitrogens with one attached hydrogen (secondary N) is 1. The standard InChI is InChI=1S/C24H24N2O3/c1-18-7-6-10-23(19(18)2)29-17-24(27)26-25-15-20-11-13-22(14-12-20)28-16-21-8-4-3-5-9-21/h3-15H,16-17H2,1-2H3,(H,26,27)/b25-15-. The Balaban J connectivity index is 1.43. The van der Waals surface area contributed by atoms with Crippen LogP contribution >= 0.6 is 0 Å². The molecule has 29 heavy (non-hydrogen) atoms. The fourth-order valence-corrected chi connectivity index (χ4v) is 2.63. The Morgan fingerprint density at radius 1 is 0.931 bits per heavy atom. The second kappa shape index (κ2) is 10.1. The van der Waals surface area contributed by atoms with Crippen molar-refractivity contribution in [1.29, 1.82) is 0 Å². The molecule has 0 atom stereocenters. The minimum absolute atomic E-state index is 0.0894. The number of nitrogens with zero attached hydrogens (tertiary/aromatic N) is 1. The Hall–Kier alpha value is -3.60. The highest BCUT2D eigenvalue weighted by atomic mass is 16.5. The average Bonchev–Trinajstić information content (AvgIpc) is 2.75. The smallest absolute Gasteiger partial charge is 0.277 e. The van der Waals surface area contributed by atoms with Crippen molar-refractivity contribution in [1.82, 2.24) is 5.43 Å². The van der Waals surface area contributed by atoms with Gasteiger partial charge in [-0.2, -0.15) is 5.10 Å². The van der Waals surface area contributed by atoms with Crippen LogP contribution in [0, 0.1) is 13.8 Å². The summed E-state index contributed by atoms with van der Waals surface area (Å²) in [6.45, 7) is 4.40. The van der Waals surface area contributed by atoms with Crippen molar-refractivity contribution in [2.75, 3.05) is 6.61 Å². The monoisotopic (exact) mass is 388 g/mol. The molecule has 0 heterocycles. The Morgan fingerprint density at radius 3 is 2.45 bits per heavy atom. The maximum atomic E-state index is 11.9. The minimum atomic E-state index is -0.315. The lowest BCUT2D eigenvalue weighted by Gasteiger charge is -2.09. The molecule has 0 aliphatic rings. The van der Waals surface area contributed by atoms with Gasteiger partial charge in [-0.15, -0.1) is 0 Å². The van der Waals surface area contributed by atoms with E-state index in [4.69, 9.17) is 9.47 Å². The van der Waals surface area contributed by atoms with E-state index in [0.29, 0.717) is 12.4 Å². The van der Waals surface area contributed by atoms with Gasteiger partial charge in [0, 0.05) is 0 Å². The van der Waals surface area contributed by atoms with Crippen molar-refractivity contribution in [3.05, 3.63) is 95.1 Å². The summed E-state index contributed by atoms with van der Waals surface area (Å²) in [6, 6.07) is 23.2. The molecule has 3 rings (SSSR count). The van der Waals surface area contributed by atoms with Gasteiger partial charge in [0.2, 0.25) is 0 Å². The maximum Gasteiger partial charge on any atom is 0.277 e. The van der Waals surface area contributed by atoms with Crippen LogP contribution in [0.2, 0.25) is 0 Å². The highest BCUT2D eigenvalue weighted by molar-refractivity contribution is 5.83. The zero-order valence-electron chi connectivity index (χ0n) is 16.6. The van der Waals surface area contributed by atoms with Crippen LogP contribution in [0.25, 0.3) is 0 Å². The Kier molecular flexibility index (Phi) is 7.00. The van der Waals surface area contributed by atoms with Gasteiger partial charge in [-0.3, -0.25) is 4.79 Å². The largest absolute Gasteiger partial charge is 0.489 e. The Labute approximate surface area is 171 Å². The molecule has 1 amide bonds. The van der Waals surface area contributed by atoms with Gasteiger partial charge >= 0.3 is 0 Å². The summed E-state index contributed by atoms with van der Waals surface area (Å²) in [7, 11) is 0. The Bertz CT molecular complexity index is 967. The number of rotatable bonds is 8. The van der Waals surface area contributed by atoms with Crippen molar-refractivity contribution in [3.8, 4) is 11.5 Å². The van der Waals surface area contributed by atoms with Crippen LogP contribution in [-0.2, 0) is 11.4 Å². The highest BCUT2D eigenvalue weighted by Gasteiger charge is 2.05. The summed E-state index contributed by atoms with van der Waals surface area (Å²) >= 11 is 0. The number of hydrogen-bond acceptors (Lipinski definition) is 4. The molecule has 0 fully saturated rings. The molecule has 3 aromatic carbocycles. The fourth-order valence-electron chi connectivity index (χ4n) is 2.63. The number of amides is 1. The first-order valence-electron chi connectivity index (χ1n) is 9.39. The van der Waals surface area contributed by atoms with Gasteiger partial charge in [-0.25, -0.2) is 5.43 Å². The highest BCUT2D eigenvalue weighted by Crippen LogP contribution is 2.20. The van der Waals surface area contributed by atoms with E-state index in [1.807, 2.05) is 86.6 Å². The van der Waals surface area contributed by atoms with Crippen LogP contribution in [0.15, 0.2) is 77.9 Å². The molecule has 5 nitrogen and oxygen atoms in total. The molecule has 3 aromatic rings. The second-order valence-electron chi connectivity index (χ2n) is 6.62. The van der Waals surface area contributed by atoms with Gasteiger partial charge in [0.1, 0.15) is 18.1 Å². The van der Waals surface area contributed by atoms with Gasteiger partial charge in [0.25, 0.3) is 5.91 Å². The number of carbonyl (C=O) groups is 1. The van der Waals surface area contributed by atoms with Gasteiger partial charge in [-0.05, 0) is 66.4 Å². The topological polar surface area (TPSA) is 59.9 Å². The van der Waals surface area contributed by atoms with Crippen LogP contribution in [0.5, 0.6) is 11.5 Å². The molecule has 0 aliphatic heterocycles. The van der Waals surface area contributed by atoms with E-state index in [9.17, 15) is 4.79 Å². The summed E-state index contributed by atoms with van der Waals surface area (Å²) in [5.41, 5.74) is 6.59. The lowest BCUT2D eigenvalue weighted by atomic mass is 10.1. The van der Waals surface area contributed by atoms with E-state index in [1.165, 1.54) is 0 Å². The van der Waals surface area contributed by atoms with Gasteiger partial charge in [0.15, 0.2) is 6.61 Å². The van der Waals surface area contributed by atoms with Crippen molar-refractivity contribution >= 4 is 12.1 Å². The summed E-state index contributed by atoms with van der Waals surface area (Å²) in [5.74, 6) is 1.16. The van der Waals surface area contributed by atoms with Gasteiger partial charge < -0.3 is 9.47 Å². The molecule has 0 saturated heterocycles. The molecule has 0 aliphatic carbocycles. The van der Waals surface area contributed by atoms with Gasteiger partial charge in [0.05, 0.1) is 6.21 Å². The van der Waals surface area contributed by atoms with Crippen LogP contribution in [0.1, 0.15) is 22.3 Å². The number of benzene rings is 3. The normalized spacial score (nSPS) is 10.7. The average molecular weight is 388 g/mol. The number of carbonyl (C=O) groups excluding carboxylic acids is 1. The van der Waals surface area contributed by atoms with Crippen molar-refractivity contribution in [3.63, 3.8) is 0 Å². The quantitative estimate of drug-likeness (QED) is 0.459. The zero-order chi connectivity index (χ0) is 20.5. The zero-order valence-corrected chi connectivity index (χ0v) is 16.6. The van der Waals surface area contributed by atoms with Crippen molar-refractivity contribution in [2.24, 2.45) is 5.10 Å². The Morgan fingerprint density at radius 2 is 1.69 bits per heavy atom. The molecule has 0 spiro atoms. The molecular weight excluding hydrogens is 364 g/mol. The van der Waals surface area contributed by atoms with Gasteiger partial charge in [-0.1, -0.05) is 42.5 Å². The third-order valence-corrected chi connectivity index (χ3v) is 4.44. The summed E-state index contributed by atoms with van der Waals surface area (Å²) in [6.07, 6.45) is 1.58. The molecule has 0 unspecified atom stereocenters. The van der Waals surface area contributed by atoms with E-state index >= 15 is 0 Å². The summed E-state index contributed by atoms with van der Waals surface area (Å²) in [4.78, 5) is 11.9. The number of hydrazone groups is 1. The summed E-state index contributed by atoms with van der Waals surface area (Å²) in [5, 5.41) is 3.97. The number of ether oxygens (including phenoxy) is 2. The van der Waals surface area contributed by atoms with Crippen LogP contribution in [0.4, 0.5) is 0 Å². The van der Waals surface area contributed by atoms with E-state index in [-0.39, 0.29) is 12.5 Å². The van der Waals surface area contributed by atoms with Crippen LogP contribution < -0.4 is 14.9 Å². The third-order valence-electron chi connectivity index (χ3n) is 4.44. The van der Waals surface area contributed by atoms with Crippen molar-refractivity contribution in [2.45, 2.75) is 20.5 Å². The molecule has 1 N–H and O–H groups in total. The fraction of sp³-hybridized carbons (Fsp3) is 0.167. The molecule has 148 valence electrons. The van der Waals surface area contributed by atoms with Crippen molar-refractivity contribution < 1.29 is 14.3 Å². The number of aryl methyl sites for hydroxylation is 1. The SMILES string of the molecule is Cc1cccc(OCC(=O)N/N=C\c2ccc(OCc3ccccc3)cc2)c1C. The lowest BCUT2D eigenvalue weighted by molar-refractivity contribution is -0.123. The van der Waals surface area contributed by atoms with E-state index < -0.39 is 0 Å². The molecule has 0 bridgehead atoms. The molecule has 5 heteroatoms. The molecule has 0 saturated carbocycles. The van der Waals surface area contributed by atoms with E-state index in [0.717, 1.165) is 28.0 Å². The second-order valence-corrected chi connectivity index (χ2v) is 6.62. The first kappa shape index (κ1) is 20.1. The molecule has 0 aromatic heterocycles. The third kappa shape index (κ3) is 6.21. The minimum Gasteiger partial charge on any atom is -0.489 e. The van der Waals surface area contributed by atoms with E-state index in [1.54, 1.807) is 6.21 Å².